The van der Waals surface area contributed by atoms with Crippen LogP contribution in [0.2, 0.25) is 0 Å². The number of nitrogens with one attached hydrogen (secondary N) is 2. The lowest BCUT2D eigenvalue weighted by atomic mass is 10.0. The first kappa shape index (κ1) is 24.6. The summed E-state index contributed by atoms with van der Waals surface area (Å²) in [4.78, 5) is 46.3. The van der Waals surface area contributed by atoms with Crippen LogP contribution in [0.4, 0.5) is 5.69 Å². The first-order chi connectivity index (χ1) is 16.9. The zero-order valence-electron chi connectivity index (χ0n) is 20.0. The van der Waals surface area contributed by atoms with Crippen molar-refractivity contribution in [2.45, 2.75) is 51.6 Å². The molecule has 1 aliphatic rings. The minimum atomic E-state index is -0.920. The van der Waals surface area contributed by atoms with Crippen LogP contribution in [-0.4, -0.2) is 35.3 Å². The van der Waals surface area contributed by atoms with Crippen LogP contribution in [0.15, 0.2) is 60.2 Å². The van der Waals surface area contributed by atoms with Crippen molar-refractivity contribution < 1.29 is 14.4 Å². The quantitative estimate of drug-likeness (QED) is 0.492. The van der Waals surface area contributed by atoms with Gasteiger partial charge in [-0.3, -0.25) is 24.3 Å². The summed E-state index contributed by atoms with van der Waals surface area (Å²) < 4.78 is 0. The second-order valence-corrected chi connectivity index (χ2v) is 9.84. The fourth-order valence-electron chi connectivity index (χ4n) is 4.44. The Kier molecular flexibility index (Phi) is 7.92. The van der Waals surface area contributed by atoms with Gasteiger partial charge >= 0.3 is 0 Å². The van der Waals surface area contributed by atoms with E-state index < -0.39 is 6.04 Å². The number of amides is 3. The van der Waals surface area contributed by atoms with Crippen LogP contribution in [-0.2, 0) is 9.59 Å². The largest absolute Gasteiger partial charge is 0.351 e. The fraction of sp³-hybridized carbons (Fsp3) is 0.333. The molecule has 1 aliphatic carbocycles. The van der Waals surface area contributed by atoms with E-state index >= 15 is 0 Å². The molecule has 1 fully saturated rings. The Labute approximate surface area is 209 Å². The molecule has 182 valence electrons. The molecular formula is C27H30N4O3S. The maximum absolute atomic E-state index is 13.8. The van der Waals surface area contributed by atoms with E-state index in [0.717, 1.165) is 36.8 Å². The standard InChI is InChI=1S/C27H30N4O3S/c1-18-11-12-19(2)22(15-18)31(24(32)17-29-26(33)23-10-6-14-35-23)25(20-7-5-13-28-16-20)27(34)30-21-8-3-4-9-21/h5-7,10-16,21,25H,3-4,8-9,17H2,1-2H3,(H,29,33)(H,30,34). The second-order valence-electron chi connectivity index (χ2n) is 8.89. The van der Waals surface area contributed by atoms with Crippen molar-refractivity contribution in [1.82, 2.24) is 15.6 Å². The zero-order valence-corrected chi connectivity index (χ0v) is 20.8. The Morgan fingerprint density at radius 2 is 1.91 bits per heavy atom. The van der Waals surface area contributed by atoms with E-state index in [9.17, 15) is 14.4 Å². The van der Waals surface area contributed by atoms with Crippen molar-refractivity contribution in [2.75, 3.05) is 11.4 Å². The molecule has 7 nitrogen and oxygen atoms in total. The number of aryl methyl sites for hydroxylation is 2. The number of thiophene rings is 1. The number of aromatic nitrogens is 1. The molecule has 0 radical (unpaired) electrons. The molecule has 0 aliphatic heterocycles. The number of benzene rings is 1. The van der Waals surface area contributed by atoms with Gasteiger partial charge in [0.1, 0.15) is 6.04 Å². The summed E-state index contributed by atoms with van der Waals surface area (Å²) in [5.74, 6) is -0.939. The van der Waals surface area contributed by atoms with Crippen LogP contribution in [0.1, 0.15) is 58.1 Å². The summed E-state index contributed by atoms with van der Waals surface area (Å²) in [6.07, 6.45) is 7.28. The number of anilines is 1. The Morgan fingerprint density at radius 3 is 2.60 bits per heavy atom. The summed E-state index contributed by atoms with van der Waals surface area (Å²) in [6, 6.07) is 12.0. The van der Waals surface area contributed by atoms with Gasteiger partial charge in [-0.1, -0.05) is 37.1 Å². The highest BCUT2D eigenvalue weighted by Gasteiger charge is 2.35. The van der Waals surface area contributed by atoms with Crippen LogP contribution in [0.3, 0.4) is 0 Å². The van der Waals surface area contributed by atoms with Crippen LogP contribution in [0.25, 0.3) is 0 Å². The minimum absolute atomic E-state index is 0.0933. The lowest BCUT2D eigenvalue weighted by Gasteiger charge is -2.33. The van der Waals surface area contributed by atoms with Gasteiger partial charge in [-0.05, 0) is 61.4 Å². The topological polar surface area (TPSA) is 91.4 Å². The predicted molar refractivity (Wildman–Crippen MR) is 137 cm³/mol. The molecule has 3 aromatic rings. The molecule has 0 spiro atoms. The number of pyridine rings is 1. The van der Waals surface area contributed by atoms with Crippen molar-refractivity contribution >= 4 is 34.7 Å². The summed E-state index contributed by atoms with van der Waals surface area (Å²) in [5, 5.41) is 7.69. The van der Waals surface area contributed by atoms with Gasteiger partial charge in [0.05, 0.1) is 11.4 Å². The summed E-state index contributed by atoms with van der Waals surface area (Å²) in [5.41, 5.74) is 3.07. The lowest BCUT2D eigenvalue weighted by Crippen LogP contribution is -2.49. The number of hydrogen-bond acceptors (Lipinski definition) is 5. The summed E-state index contributed by atoms with van der Waals surface area (Å²) in [6.45, 7) is 3.62. The zero-order chi connectivity index (χ0) is 24.8. The molecule has 35 heavy (non-hydrogen) atoms. The second kappa shape index (κ2) is 11.3. The van der Waals surface area contributed by atoms with Gasteiger partial charge in [-0.2, -0.15) is 0 Å². The van der Waals surface area contributed by atoms with Gasteiger partial charge in [-0.25, -0.2) is 0 Å². The maximum Gasteiger partial charge on any atom is 0.261 e. The third kappa shape index (κ3) is 5.95. The molecule has 8 heteroatoms. The smallest absolute Gasteiger partial charge is 0.261 e. The van der Waals surface area contributed by atoms with Crippen molar-refractivity contribution in [1.29, 1.82) is 0 Å². The maximum atomic E-state index is 13.8. The fourth-order valence-corrected chi connectivity index (χ4v) is 5.08. The van der Waals surface area contributed by atoms with Gasteiger partial charge in [0, 0.05) is 29.7 Å². The van der Waals surface area contributed by atoms with E-state index in [1.807, 2.05) is 43.5 Å². The van der Waals surface area contributed by atoms with Crippen molar-refractivity contribution in [3.63, 3.8) is 0 Å². The van der Waals surface area contributed by atoms with Crippen molar-refractivity contribution in [3.05, 3.63) is 81.8 Å². The molecule has 1 unspecified atom stereocenters. The SMILES string of the molecule is Cc1ccc(C)c(N(C(=O)CNC(=O)c2cccs2)C(C(=O)NC2CCCC2)c2cccnc2)c1. The van der Waals surface area contributed by atoms with Gasteiger partial charge < -0.3 is 10.6 Å². The van der Waals surface area contributed by atoms with Gasteiger partial charge in [0.2, 0.25) is 11.8 Å². The third-order valence-electron chi connectivity index (χ3n) is 6.25. The van der Waals surface area contributed by atoms with Crippen LogP contribution in [0.5, 0.6) is 0 Å². The van der Waals surface area contributed by atoms with Crippen LogP contribution in [0, 0.1) is 13.8 Å². The van der Waals surface area contributed by atoms with E-state index in [4.69, 9.17) is 0 Å². The average molecular weight is 491 g/mol. The molecular weight excluding hydrogens is 460 g/mol. The van der Waals surface area contributed by atoms with E-state index in [-0.39, 0.29) is 30.3 Å². The molecule has 1 atom stereocenters. The van der Waals surface area contributed by atoms with E-state index in [1.165, 1.54) is 16.2 Å². The number of hydrogen-bond donors (Lipinski definition) is 2. The van der Waals surface area contributed by atoms with E-state index in [2.05, 4.69) is 15.6 Å². The predicted octanol–water partition coefficient (Wildman–Crippen LogP) is 4.32. The molecule has 2 N–H and O–H groups in total. The highest BCUT2D eigenvalue weighted by Crippen LogP contribution is 2.32. The molecule has 2 heterocycles. The highest BCUT2D eigenvalue weighted by atomic mass is 32.1. The van der Waals surface area contributed by atoms with E-state index in [0.29, 0.717) is 16.1 Å². The molecule has 1 saturated carbocycles. The summed E-state index contributed by atoms with van der Waals surface area (Å²) >= 11 is 1.31. The Bertz CT molecular complexity index is 1170. The highest BCUT2D eigenvalue weighted by molar-refractivity contribution is 7.12. The van der Waals surface area contributed by atoms with Gasteiger partial charge in [0.15, 0.2) is 0 Å². The minimum Gasteiger partial charge on any atom is -0.351 e. The molecule has 0 bridgehead atoms. The molecule has 4 rings (SSSR count). The molecule has 1 aromatic carbocycles. The van der Waals surface area contributed by atoms with E-state index in [1.54, 1.807) is 30.6 Å². The Balaban J connectivity index is 1.70. The van der Waals surface area contributed by atoms with Gasteiger partial charge in [0.25, 0.3) is 5.91 Å². The monoisotopic (exact) mass is 490 g/mol. The van der Waals surface area contributed by atoms with Crippen LogP contribution < -0.4 is 15.5 Å². The summed E-state index contributed by atoms with van der Waals surface area (Å²) in [7, 11) is 0. The normalized spacial score (nSPS) is 14.3. The molecule has 2 aromatic heterocycles. The average Bonchev–Trinajstić information content (AvgIpc) is 3.57. The first-order valence-electron chi connectivity index (χ1n) is 11.9. The molecule has 0 saturated heterocycles. The number of rotatable bonds is 8. The van der Waals surface area contributed by atoms with Crippen LogP contribution >= 0.6 is 11.3 Å². The van der Waals surface area contributed by atoms with Crippen molar-refractivity contribution in [2.24, 2.45) is 0 Å². The number of carbonyl (C=O) groups excluding carboxylic acids is 3. The van der Waals surface area contributed by atoms with Gasteiger partial charge in [-0.15, -0.1) is 11.3 Å². The van der Waals surface area contributed by atoms with Crippen molar-refractivity contribution in [3.8, 4) is 0 Å². The molecule has 3 amide bonds. The first-order valence-corrected chi connectivity index (χ1v) is 12.7. The number of carbonyl (C=O) groups is 3. The number of nitrogens with zero attached hydrogens (tertiary/aromatic N) is 2. The third-order valence-corrected chi connectivity index (χ3v) is 7.11. The Hall–Kier alpha value is -3.52. The lowest BCUT2D eigenvalue weighted by molar-refractivity contribution is -0.126. The Morgan fingerprint density at radius 1 is 1.11 bits per heavy atom.